The van der Waals surface area contributed by atoms with Gasteiger partial charge in [-0.05, 0) is 31.2 Å². The van der Waals surface area contributed by atoms with E-state index in [1.54, 1.807) is 6.20 Å². The van der Waals surface area contributed by atoms with Crippen molar-refractivity contribution in [2.24, 2.45) is 5.92 Å². The summed E-state index contributed by atoms with van der Waals surface area (Å²) in [5.74, 6) is 0.889. The van der Waals surface area contributed by atoms with Crippen molar-refractivity contribution in [3.05, 3.63) is 28.2 Å². The van der Waals surface area contributed by atoms with Gasteiger partial charge in [-0.25, -0.2) is 0 Å². The molecular weight excluding hydrogens is 176 g/mol. The van der Waals surface area contributed by atoms with E-state index in [2.05, 4.69) is 9.88 Å². The van der Waals surface area contributed by atoms with Gasteiger partial charge in [-0.15, -0.1) is 0 Å². The Bertz CT molecular complexity index is 406. The Morgan fingerprint density at radius 2 is 2.36 bits per heavy atom. The van der Waals surface area contributed by atoms with Crippen molar-refractivity contribution in [3.8, 4) is 0 Å². The first kappa shape index (κ1) is 8.09. The van der Waals surface area contributed by atoms with Gasteiger partial charge in [0.05, 0.1) is 0 Å². The molecule has 1 aromatic rings. The van der Waals surface area contributed by atoms with Crippen molar-refractivity contribution in [3.63, 3.8) is 0 Å². The lowest BCUT2D eigenvalue weighted by molar-refractivity contribution is 0.747. The number of anilines is 1. The van der Waals surface area contributed by atoms with E-state index in [4.69, 9.17) is 0 Å². The van der Waals surface area contributed by atoms with Crippen LogP contribution in [0.15, 0.2) is 17.1 Å². The maximum Gasteiger partial charge on any atom is 0.253 e. The molecule has 1 aromatic heterocycles. The van der Waals surface area contributed by atoms with Crippen LogP contribution in [-0.2, 0) is 6.42 Å². The topological polar surface area (TPSA) is 36.1 Å². The molecule has 0 saturated heterocycles. The molecule has 74 valence electrons. The van der Waals surface area contributed by atoms with Crippen molar-refractivity contribution >= 4 is 5.69 Å². The highest BCUT2D eigenvalue weighted by atomic mass is 16.1. The van der Waals surface area contributed by atoms with Gasteiger partial charge in [0.2, 0.25) is 0 Å². The van der Waals surface area contributed by atoms with Crippen LogP contribution < -0.4 is 10.5 Å². The number of fused-ring (bicyclic) bond motifs is 1. The first-order valence-electron chi connectivity index (χ1n) is 5.30. The van der Waals surface area contributed by atoms with E-state index < -0.39 is 0 Å². The van der Waals surface area contributed by atoms with E-state index in [0.717, 1.165) is 31.0 Å². The van der Waals surface area contributed by atoms with Gasteiger partial charge >= 0.3 is 0 Å². The lowest BCUT2D eigenvalue weighted by atomic mass is 10.2. The molecule has 1 fully saturated rings. The van der Waals surface area contributed by atoms with Gasteiger partial charge < -0.3 is 9.88 Å². The Morgan fingerprint density at radius 3 is 3.14 bits per heavy atom. The van der Waals surface area contributed by atoms with Crippen molar-refractivity contribution in [2.75, 3.05) is 18.0 Å². The summed E-state index contributed by atoms with van der Waals surface area (Å²) in [6, 6.07) is 2.03. The van der Waals surface area contributed by atoms with Gasteiger partial charge in [0.15, 0.2) is 0 Å². The third-order valence-corrected chi connectivity index (χ3v) is 3.19. The molecule has 2 heterocycles. The second kappa shape index (κ2) is 2.87. The summed E-state index contributed by atoms with van der Waals surface area (Å²) in [7, 11) is 0. The number of nitrogens with zero attached hydrogens (tertiary/aromatic N) is 1. The minimum Gasteiger partial charge on any atom is -0.370 e. The molecule has 1 aliphatic carbocycles. The molecule has 0 atom stereocenters. The van der Waals surface area contributed by atoms with E-state index in [9.17, 15) is 4.79 Å². The van der Waals surface area contributed by atoms with Crippen LogP contribution in [0.25, 0.3) is 0 Å². The number of pyridine rings is 1. The SMILES string of the molecule is O=c1[nH]ccc2c1CCN2CC1CC1. The van der Waals surface area contributed by atoms with Crippen molar-refractivity contribution < 1.29 is 0 Å². The fraction of sp³-hybridized carbons (Fsp3) is 0.545. The summed E-state index contributed by atoms with van der Waals surface area (Å²) in [6.07, 6.45) is 5.41. The summed E-state index contributed by atoms with van der Waals surface area (Å²) in [6.45, 7) is 2.18. The average Bonchev–Trinajstić information content (AvgIpc) is 2.88. The van der Waals surface area contributed by atoms with E-state index >= 15 is 0 Å². The normalized spacial score (nSPS) is 19.9. The minimum absolute atomic E-state index is 0.0980. The fourth-order valence-electron chi connectivity index (χ4n) is 2.21. The number of hydrogen-bond acceptors (Lipinski definition) is 2. The molecule has 2 aliphatic rings. The number of aromatic amines is 1. The lowest BCUT2D eigenvalue weighted by Gasteiger charge is -2.18. The Morgan fingerprint density at radius 1 is 1.50 bits per heavy atom. The van der Waals surface area contributed by atoms with Crippen LogP contribution in [-0.4, -0.2) is 18.1 Å². The van der Waals surface area contributed by atoms with Crippen LogP contribution in [0.5, 0.6) is 0 Å². The van der Waals surface area contributed by atoms with Crippen LogP contribution in [0.4, 0.5) is 5.69 Å². The lowest BCUT2D eigenvalue weighted by Crippen LogP contribution is -2.23. The Hall–Kier alpha value is -1.25. The van der Waals surface area contributed by atoms with Gasteiger partial charge in [-0.2, -0.15) is 0 Å². The summed E-state index contributed by atoms with van der Waals surface area (Å²) in [4.78, 5) is 16.6. The molecule has 3 heteroatoms. The van der Waals surface area contributed by atoms with E-state index in [-0.39, 0.29) is 5.56 Å². The van der Waals surface area contributed by atoms with Crippen molar-refractivity contribution in [1.82, 2.24) is 4.98 Å². The zero-order valence-corrected chi connectivity index (χ0v) is 8.12. The molecule has 1 N–H and O–H groups in total. The molecule has 0 bridgehead atoms. The summed E-state index contributed by atoms with van der Waals surface area (Å²) >= 11 is 0. The predicted octanol–water partition coefficient (Wildman–Crippen LogP) is 1.15. The molecular formula is C11H14N2O. The van der Waals surface area contributed by atoms with E-state index in [1.807, 2.05) is 6.07 Å². The third kappa shape index (κ3) is 1.24. The quantitative estimate of drug-likeness (QED) is 0.759. The zero-order chi connectivity index (χ0) is 9.54. The Kier molecular flexibility index (Phi) is 1.66. The van der Waals surface area contributed by atoms with Crippen molar-refractivity contribution in [2.45, 2.75) is 19.3 Å². The van der Waals surface area contributed by atoms with Crippen LogP contribution in [0.2, 0.25) is 0 Å². The molecule has 0 unspecified atom stereocenters. The molecule has 0 aromatic carbocycles. The second-order valence-electron chi connectivity index (χ2n) is 4.31. The van der Waals surface area contributed by atoms with E-state index in [1.165, 1.54) is 18.5 Å². The summed E-state index contributed by atoms with van der Waals surface area (Å²) < 4.78 is 0. The molecule has 0 amide bonds. The maximum absolute atomic E-state index is 11.5. The monoisotopic (exact) mass is 190 g/mol. The van der Waals surface area contributed by atoms with Crippen LogP contribution in [0, 0.1) is 5.92 Å². The van der Waals surface area contributed by atoms with Gasteiger partial charge in [0.1, 0.15) is 0 Å². The Balaban J connectivity index is 1.92. The molecule has 14 heavy (non-hydrogen) atoms. The second-order valence-corrected chi connectivity index (χ2v) is 4.31. The third-order valence-electron chi connectivity index (χ3n) is 3.19. The van der Waals surface area contributed by atoms with Crippen molar-refractivity contribution in [1.29, 1.82) is 0 Å². The van der Waals surface area contributed by atoms with Crippen LogP contribution in [0.3, 0.4) is 0 Å². The number of H-pyrrole nitrogens is 1. The largest absolute Gasteiger partial charge is 0.370 e. The number of rotatable bonds is 2. The highest BCUT2D eigenvalue weighted by Gasteiger charge is 2.28. The molecule has 3 nitrogen and oxygen atoms in total. The molecule has 0 spiro atoms. The first-order chi connectivity index (χ1) is 6.84. The molecule has 3 rings (SSSR count). The summed E-state index contributed by atoms with van der Waals surface area (Å²) in [5, 5.41) is 0. The molecule has 1 saturated carbocycles. The number of aromatic nitrogens is 1. The smallest absolute Gasteiger partial charge is 0.253 e. The minimum atomic E-state index is 0.0980. The maximum atomic E-state index is 11.5. The van der Waals surface area contributed by atoms with Crippen LogP contribution in [0.1, 0.15) is 18.4 Å². The summed E-state index contributed by atoms with van der Waals surface area (Å²) in [5.41, 5.74) is 2.24. The Labute approximate surface area is 82.8 Å². The molecule has 1 aliphatic heterocycles. The molecule has 0 radical (unpaired) electrons. The zero-order valence-electron chi connectivity index (χ0n) is 8.12. The standard InChI is InChI=1S/C11H14N2O/c14-11-9-4-6-13(7-8-1-2-8)10(9)3-5-12-11/h3,5,8H,1-2,4,6-7H2,(H,12,14). The fourth-order valence-corrected chi connectivity index (χ4v) is 2.21. The number of hydrogen-bond donors (Lipinski definition) is 1. The van der Waals surface area contributed by atoms with Gasteiger partial charge in [0, 0.05) is 30.5 Å². The van der Waals surface area contributed by atoms with Crippen LogP contribution >= 0.6 is 0 Å². The van der Waals surface area contributed by atoms with Gasteiger partial charge in [-0.1, -0.05) is 0 Å². The van der Waals surface area contributed by atoms with Gasteiger partial charge in [-0.3, -0.25) is 4.79 Å². The number of nitrogens with one attached hydrogen (secondary N) is 1. The first-order valence-corrected chi connectivity index (χ1v) is 5.30. The average molecular weight is 190 g/mol. The van der Waals surface area contributed by atoms with Gasteiger partial charge in [0.25, 0.3) is 5.56 Å². The highest BCUT2D eigenvalue weighted by molar-refractivity contribution is 5.56. The predicted molar refractivity (Wildman–Crippen MR) is 55.7 cm³/mol. The van der Waals surface area contributed by atoms with E-state index in [0.29, 0.717) is 0 Å². The highest BCUT2D eigenvalue weighted by Crippen LogP contribution is 2.33.